The van der Waals surface area contributed by atoms with E-state index in [0.29, 0.717) is 0 Å². The molecule has 4 heteroatoms. The molecule has 0 saturated heterocycles. The molecule has 0 aliphatic heterocycles. The molecule has 64 valence electrons. The van der Waals surface area contributed by atoms with E-state index in [-0.39, 0.29) is 19.2 Å². The lowest BCUT2D eigenvalue weighted by Crippen LogP contribution is -2.20. The number of carbonyl (C=O) groups excluding carboxylic acids is 1. The van der Waals surface area contributed by atoms with Crippen LogP contribution < -0.4 is 5.32 Å². The summed E-state index contributed by atoms with van der Waals surface area (Å²) < 4.78 is 0. The summed E-state index contributed by atoms with van der Waals surface area (Å²) in [5.74, 6) is -0.359. The van der Waals surface area contributed by atoms with Crippen molar-refractivity contribution in [3.63, 3.8) is 0 Å². The summed E-state index contributed by atoms with van der Waals surface area (Å²) in [6, 6.07) is 0. The quantitative estimate of drug-likeness (QED) is 0.292. The Morgan fingerprint density at radius 3 is 2.00 bits per heavy atom. The molecule has 0 spiro atoms. The predicted octanol–water partition coefficient (Wildman–Crippen LogP) is -0.597. The van der Waals surface area contributed by atoms with Crippen molar-refractivity contribution in [1.29, 1.82) is 0 Å². The first kappa shape index (κ1) is 12.5. The molecule has 0 heterocycles. The van der Waals surface area contributed by atoms with E-state index in [0.717, 1.165) is 6.08 Å². The van der Waals surface area contributed by atoms with E-state index in [1.54, 1.807) is 0 Å². The summed E-state index contributed by atoms with van der Waals surface area (Å²) in [6.45, 7) is 6.14. The molecule has 0 aromatic heterocycles. The van der Waals surface area contributed by atoms with Gasteiger partial charge in [-0.25, -0.2) is 0 Å². The van der Waals surface area contributed by atoms with Crippen molar-refractivity contribution in [2.24, 2.45) is 0 Å². The van der Waals surface area contributed by atoms with Crippen LogP contribution in [-0.2, 0) is 4.79 Å². The number of aliphatic hydroxyl groups excluding tert-OH is 2. The lowest BCUT2D eigenvalue weighted by atomic mass is 10.6. The smallest absolute Gasteiger partial charge is 0.245 e. The van der Waals surface area contributed by atoms with E-state index in [2.05, 4.69) is 18.5 Å². The van der Waals surface area contributed by atoms with Crippen molar-refractivity contribution in [2.45, 2.75) is 0 Å². The normalized spacial score (nSPS) is 7.09. The highest BCUT2D eigenvalue weighted by molar-refractivity contribution is 5.86. The van der Waals surface area contributed by atoms with Gasteiger partial charge in [-0.15, -0.1) is 6.58 Å². The van der Waals surface area contributed by atoms with Gasteiger partial charge in [-0.05, 0) is 6.08 Å². The Balaban J connectivity index is 0. The fraction of sp³-hybridized carbons (Fsp3) is 0.286. The molecule has 0 aromatic rings. The number of carbonyl (C=O) groups is 1. The first-order chi connectivity index (χ1) is 5.22. The van der Waals surface area contributed by atoms with Gasteiger partial charge in [0, 0.05) is 0 Å². The molecule has 0 aromatic carbocycles. The highest BCUT2D eigenvalue weighted by Gasteiger charge is 1.84. The van der Waals surface area contributed by atoms with Crippen molar-refractivity contribution in [2.75, 3.05) is 13.3 Å². The Morgan fingerprint density at radius 1 is 1.45 bits per heavy atom. The second-order valence-corrected chi connectivity index (χ2v) is 1.37. The van der Waals surface area contributed by atoms with E-state index in [1.807, 2.05) is 0 Å². The van der Waals surface area contributed by atoms with Gasteiger partial charge >= 0.3 is 0 Å². The van der Waals surface area contributed by atoms with Crippen molar-refractivity contribution in [3.8, 4) is 0 Å². The number of hydrogen-bond donors (Lipinski definition) is 3. The lowest BCUT2D eigenvalue weighted by Gasteiger charge is -1.89. The van der Waals surface area contributed by atoms with E-state index >= 15 is 0 Å². The SMILES string of the molecule is C=CC(=O)NCO.C=CCO. The molecular weight excluding hydrogens is 146 g/mol. The van der Waals surface area contributed by atoms with Crippen LogP contribution in [0.1, 0.15) is 0 Å². The lowest BCUT2D eigenvalue weighted by molar-refractivity contribution is -0.117. The fourth-order valence-corrected chi connectivity index (χ4v) is 0.150. The highest BCUT2D eigenvalue weighted by atomic mass is 16.3. The van der Waals surface area contributed by atoms with Crippen molar-refractivity contribution in [3.05, 3.63) is 25.3 Å². The maximum atomic E-state index is 10.0. The summed E-state index contributed by atoms with van der Waals surface area (Å²) in [6.07, 6.45) is 2.52. The van der Waals surface area contributed by atoms with E-state index < -0.39 is 0 Å². The van der Waals surface area contributed by atoms with Crippen molar-refractivity contribution < 1.29 is 15.0 Å². The second-order valence-electron chi connectivity index (χ2n) is 1.37. The van der Waals surface area contributed by atoms with Crippen LogP contribution in [0.15, 0.2) is 25.3 Å². The van der Waals surface area contributed by atoms with Crippen LogP contribution in [0.3, 0.4) is 0 Å². The summed E-state index contributed by atoms with van der Waals surface area (Å²) in [4.78, 5) is 10.0. The zero-order valence-corrected chi connectivity index (χ0v) is 6.29. The molecule has 3 N–H and O–H groups in total. The topological polar surface area (TPSA) is 69.6 Å². The Hall–Kier alpha value is -1.13. The van der Waals surface area contributed by atoms with Crippen LogP contribution in [0.2, 0.25) is 0 Å². The number of amides is 1. The van der Waals surface area contributed by atoms with Gasteiger partial charge in [-0.3, -0.25) is 4.79 Å². The first-order valence-corrected chi connectivity index (χ1v) is 2.95. The van der Waals surface area contributed by atoms with Gasteiger partial charge < -0.3 is 15.5 Å². The van der Waals surface area contributed by atoms with E-state index in [1.165, 1.54) is 6.08 Å². The van der Waals surface area contributed by atoms with Gasteiger partial charge in [-0.1, -0.05) is 12.7 Å². The second kappa shape index (κ2) is 11.6. The van der Waals surface area contributed by atoms with Crippen LogP contribution in [0, 0.1) is 0 Å². The van der Waals surface area contributed by atoms with Crippen LogP contribution in [0.25, 0.3) is 0 Å². The zero-order valence-electron chi connectivity index (χ0n) is 6.29. The molecule has 0 aliphatic rings. The summed E-state index contributed by atoms with van der Waals surface area (Å²) in [7, 11) is 0. The standard InChI is InChI=1S/C4H7NO2.C3H6O/c1-2-4(7)5-3-6;1-2-3-4/h2,6H,1,3H2,(H,5,7);2,4H,1,3H2. The average Bonchev–Trinajstić information content (AvgIpc) is 2.05. The third kappa shape index (κ3) is 17.7. The van der Waals surface area contributed by atoms with Gasteiger partial charge in [0.25, 0.3) is 0 Å². The predicted molar refractivity (Wildman–Crippen MR) is 42.7 cm³/mol. The first-order valence-electron chi connectivity index (χ1n) is 2.95. The molecule has 0 radical (unpaired) electrons. The molecule has 0 aliphatic carbocycles. The Labute approximate surface area is 65.9 Å². The third-order valence-corrected chi connectivity index (χ3v) is 0.568. The molecule has 0 unspecified atom stereocenters. The van der Waals surface area contributed by atoms with Crippen molar-refractivity contribution >= 4 is 5.91 Å². The van der Waals surface area contributed by atoms with Gasteiger partial charge in [0.1, 0.15) is 6.73 Å². The molecule has 0 rings (SSSR count). The summed E-state index contributed by atoms with van der Waals surface area (Å²) in [5, 5.41) is 17.8. The molecule has 1 amide bonds. The maximum absolute atomic E-state index is 10.0. The van der Waals surface area contributed by atoms with Crippen LogP contribution in [0.5, 0.6) is 0 Å². The van der Waals surface area contributed by atoms with E-state index in [4.69, 9.17) is 10.2 Å². The minimum absolute atomic E-state index is 0.0833. The van der Waals surface area contributed by atoms with Crippen molar-refractivity contribution in [1.82, 2.24) is 5.32 Å². The molecule has 0 atom stereocenters. The summed E-state index contributed by atoms with van der Waals surface area (Å²) >= 11 is 0. The molecular formula is C7H13NO3. The number of hydrogen-bond acceptors (Lipinski definition) is 3. The van der Waals surface area contributed by atoms with Gasteiger partial charge in [0.2, 0.25) is 5.91 Å². The third-order valence-electron chi connectivity index (χ3n) is 0.568. The minimum Gasteiger partial charge on any atom is -0.392 e. The largest absolute Gasteiger partial charge is 0.392 e. The number of rotatable bonds is 3. The molecule has 11 heavy (non-hydrogen) atoms. The van der Waals surface area contributed by atoms with Gasteiger partial charge in [0.15, 0.2) is 0 Å². The summed E-state index contributed by atoms with van der Waals surface area (Å²) in [5.41, 5.74) is 0. The number of aliphatic hydroxyl groups is 2. The van der Waals surface area contributed by atoms with Gasteiger partial charge in [-0.2, -0.15) is 0 Å². The average molecular weight is 159 g/mol. The monoisotopic (exact) mass is 159 g/mol. The van der Waals surface area contributed by atoms with E-state index in [9.17, 15) is 4.79 Å². The molecule has 0 saturated carbocycles. The van der Waals surface area contributed by atoms with Gasteiger partial charge in [0.05, 0.1) is 6.61 Å². The maximum Gasteiger partial charge on any atom is 0.245 e. The molecule has 4 nitrogen and oxygen atoms in total. The fourth-order valence-electron chi connectivity index (χ4n) is 0.150. The molecule has 0 fully saturated rings. The Morgan fingerprint density at radius 2 is 1.91 bits per heavy atom. The minimum atomic E-state index is -0.359. The zero-order chi connectivity index (χ0) is 9.11. The highest BCUT2D eigenvalue weighted by Crippen LogP contribution is 1.59. The Kier molecular flexibility index (Phi) is 13.3. The van der Waals surface area contributed by atoms with Crippen LogP contribution in [-0.4, -0.2) is 29.5 Å². The van der Waals surface area contributed by atoms with Crippen LogP contribution in [0.4, 0.5) is 0 Å². The number of nitrogens with one attached hydrogen (secondary N) is 1. The molecule has 0 bridgehead atoms. The Bertz CT molecular complexity index is 123. The van der Waals surface area contributed by atoms with Crippen LogP contribution >= 0.6 is 0 Å².